The van der Waals surface area contributed by atoms with E-state index in [2.05, 4.69) is 5.32 Å². The number of nitrogens with one attached hydrogen (secondary N) is 2. The molecule has 5 nitrogen and oxygen atoms in total. The van der Waals surface area contributed by atoms with Crippen molar-refractivity contribution in [1.82, 2.24) is 5.32 Å². The van der Waals surface area contributed by atoms with Crippen molar-refractivity contribution >= 4 is 33.2 Å². The molecule has 2 aromatic rings. The van der Waals surface area contributed by atoms with E-state index in [1.807, 2.05) is 4.72 Å². The van der Waals surface area contributed by atoms with Gasteiger partial charge in [0.05, 0.1) is 16.1 Å². The van der Waals surface area contributed by atoms with E-state index >= 15 is 0 Å². The van der Waals surface area contributed by atoms with Crippen LogP contribution >= 0.6 is 11.6 Å². The lowest BCUT2D eigenvalue weighted by Crippen LogP contribution is -2.21. The van der Waals surface area contributed by atoms with Crippen LogP contribution in [0.2, 0.25) is 5.02 Å². The van der Waals surface area contributed by atoms with E-state index in [0.717, 1.165) is 18.2 Å². The standard InChI is InChI=1S/C16H14ClF3N2O3S/c1-9-3-5-11(8-12(9)15(23)21-2)26(24,25)22-14-6-4-10(17)7-13(14)16(18,19)20/h3-8,22H,1-2H3,(H,21,23). The van der Waals surface area contributed by atoms with Gasteiger partial charge in [0.15, 0.2) is 0 Å². The van der Waals surface area contributed by atoms with E-state index in [9.17, 15) is 26.4 Å². The molecule has 0 radical (unpaired) electrons. The Morgan fingerprint density at radius 3 is 2.35 bits per heavy atom. The minimum Gasteiger partial charge on any atom is -0.355 e. The summed E-state index contributed by atoms with van der Waals surface area (Å²) >= 11 is 5.58. The predicted octanol–water partition coefficient (Wildman–Crippen LogP) is 3.83. The third kappa shape index (κ3) is 4.28. The fourth-order valence-electron chi connectivity index (χ4n) is 2.19. The van der Waals surface area contributed by atoms with Crippen LogP contribution < -0.4 is 10.0 Å². The van der Waals surface area contributed by atoms with E-state index in [0.29, 0.717) is 11.6 Å². The van der Waals surface area contributed by atoms with Crippen LogP contribution in [0.3, 0.4) is 0 Å². The summed E-state index contributed by atoms with van der Waals surface area (Å²) in [5, 5.41) is 2.19. The molecule has 2 aromatic carbocycles. The van der Waals surface area contributed by atoms with Gasteiger partial charge in [0.1, 0.15) is 0 Å². The number of benzene rings is 2. The molecule has 26 heavy (non-hydrogen) atoms. The number of halogens is 4. The van der Waals surface area contributed by atoms with Crippen molar-refractivity contribution in [3.63, 3.8) is 0 Å². The molecule has 0 atom stereocenters. The highest BCUT2D eigenvalue weighted by atomic mass is 35.5. The van der Waals surface area contributed by atoms with E-state index in [4.69, 9.17) is 11.6 Å². The Morgan fingerprint density at radius 2 is 1.77 bits per heavy atom. The summed E-state index contributed by atoms with van der Waals surface area (Å²) in [4.78, 5) is 11.5. The molecule has 0 fully saturated rings. The maximum atomic E-state index is 13.1. The highest BCUT2D eigenvalue weighted by molar-refractivity contribution is 7.92. The number of carbonyl (C=O) groups is 1. The van der Waals surface area contributed by atoms with E-state index < -0.39 is 33.4 Å². The van der Waals surface area contributed by atoms with Crippen LogP contribution in [0.25, 0.3) is 0 Å². The maximum Gasteiger partial charge on any atom is 0.418 e. The predicted molar refractivity (Wildman–Crippen MR) is 91.8 cm³/mol. The van der Waals surface area contributed by atoms with E-state index in [-0.39, 0.29) is 15.5 Å². The lowest BCUT2D eigenvalue weighted by molar-refractivity contribution is -0.136. The first-order valence-electron chi connectivity index (χ1n) is 7.18. The van der Waals surface area contributed by atoms with Crippen LogP contribution in [-0.2, 0) is 16.2 Å². The lowest BCUT2D eigenvalue weighted by atomic mass is 10.1. The van der Waals surface area contributed by atoms with Crippen molar-refractivity contribution in [3.05, 3.63) is 58.1 Å². The molecule has 0 saturated heterocycles. The van der Waals surface area contributed by atoms with Gasteiger partial charge >= 0.3 is 6.18 Å². The monoisotopic (exact) mass is 406 g/mol. The van der Waals surface area contributed by atoms with E-state index in [1.54, 1.807) is 6.92 Å². The fourth-order valence-corrected chi connectivity index (χ4v) is 3.47. The first-order valence-corrected chi connectivity index (χ1v) is 9.04. The molecule has 0 spiro atoms. The molecule has 0 saturated carbocycles. The molecule has 0 aliphatic heterocycles. The summed E-state index contributed by atoms with van der Waals surface area (Å²) in [6, 6.07) is 6.39. The van der Waals surface area contributed by atoms with Crippen molar-refractivity contribution in [1.29, 1.82) is 0 Å². The van der Waals surface area contributed by atoms with Gasteiger partial charge < -0.3 is 5.32 Å². The number of rotatable bonds is 4. The number of amides is 1. The number of aryl methyl sites for hydroxylation is 1. The summed E-state index contributed by atoms with van der Waals surface area (Å²) in [5.41, 5.74) is -1.26. The Kier molecular flexibility index (Phi) is 5.52. The quantitative estimate of drug-likeness (QED) is 0.810. The van der Waals surface area contributed by atoms with Gasteiger partial charge in [-0.1, -0.05) is 17.7 Å². The zero-order chi connectivity index (χ0) is 19.7. The summed E-state index contributed by atoms with van der Waals surface area (Å²) < 4.78 is 66.3. The average molecular weight is 407 g/mol. The number of hydrogen-bond donors (Lipinski definition) is 2. The smallest absolute Gasteiger partial charge is 0.355 e. The van der Waals surface area contributed by atoms with Gasteiger partial charge in [0.25, 0.3) is 15.9 Å². The third-order valence-electron chi connectivity index (χ3n) is 3.52. The van der Waals surface area contributed by atoms with Gasteiger partial charge in [-0.15, -0.1) is 0 Å². The highest BCUT2D eigenvalue weighted by Crippen LogP contribution is 2.37. The van der Waals surface area contributed by atoms with Crippen molar-refractivity contribution < 1.29 is 26.4 Å². The van der Waals surface area contributed by atoms with Crippen LogP contribution in [0.15, 0.2) is 41.3 Å². The molecule has 0 aliphatic carbocycles. The molecule has 2 rings (SSSR count). The maximum absolute atomic E-state index is 13.1. The van der Waals surface area contributed by atoms with Gasteiger partial charge in [0.2, 0.25) is 0 Å². The molecule has 0 bridgehead atoms. The second-order valence-electron chi connectivity index (χ2n) is 5.35. The number of sulfonamides is 1. The second-order valence-corrected chi connectivity index (χ2v) is 7.47. The number of alkyl halides is 3. The Balaban J connectivity index is 2.50. The Hall–Kier alpha value is -2.26. The first kappa shape index (κ1) is 20.1. The van der Waals surface area contributed by atoms with E-state index in [1.165, 1.54) is 19.2 Å². The molecule has 1 amide bonds. The third-order valence-corrected chi connectivity index (χ3v) is 5.12. The SMILES string of the molecule is CNC(=O)c1cc(S(=O)(=O)Nc2ccc(Cl)cc2C(F)(F)F)ccc1C. The zero-order valence-electron chi connectivity index (χ0n) is 13.6. The number of anilines is 1. The average Bonchev–Trinajstić information content (AvgIpc) is 2.55. The van der Waals surface area contributed by atoms with Gasteiger partial charge in [0, 0.05) is 17.6 Å². The topological polar surface area (TPSA) is 75.3 Å². The Bertz CT molecular complexity index is 960. The summed E-state index contributed by atoms with van der Waals surface area (Å²) in [6.45, 7) is 1.61. The summed E-state index contributed by atoms with van der Waals surface area (Å²) in [7, 11) is -2.98. The van der Waals surface area contributed by atoms with Crippen LogP contribution in [0.4, 0.5) is 18.9 Å². The molecular formula is C16H14ClF3N2O3S. The second kappa shape index (κ2) is 7.16. The van der Waals surface area contributed by atoms with Crippen molar-refractivity contribution in [2.75, 3.05) is 11.8 Å². The molecule has 0 aliphatic rings. The fraction of sp³-hybridized carbons (Fsp3) is 0.188. The minimum atomic E-state index is -4.80. The highest BCUT2D eigenvalue weighted by Gasteiger charge is 2.35. The number of carbonyl (C=O) groups excluding carboxylic acids is 1. The van der Waals surface area contributed by atoms with Crippen LogP contribution in [0.1, 0.15) is 21.5 Å². The van der Waals surface area contributed by atoms with Gasteiger partial charge in [-0.2, -0.15) is 13.2 Å². The Labute approximate surface area is 153 Å². The van der Waals surface area contributed by atoms with Gasteiger partial charge in [-0.05, 0) is 42.8 Å². The summed E-state index contributed by atoms with van der Waals surface area (Å²) in [6.07, 6.45) is -4.80. The zero-order valence-corrected chi connectivity index (χ0v) is 15.2. The van der Waals surface area contributed by atoms with Crippen LogP contribution in [0, 0.1) is 6.92 Å². The lowest BCUT2D eigenvalue weighted by Gasteiger charge is -2.16. The van der Waals surface area contributed by atoms with Crippen molar-refractivity contribution in [2.45, 2.75) is 18.0 Å². The molecular weight excluding hydrogens is 393 g/mol. The van der Waals surface area contributed by atoms with Crippen molar-refractivity contribution in [3.8, 4) is 0 Å². The molecule has 140 valence electrons. The first-order chi connectivity index (χ1) is 12.0. The van der Waals surface area contributed by atoms with Crippen LogP contribution in [0.5, 0.6) is 0 Å². The normalized spacial score (nSPS) is 11.9. The Morgan fingerprint density at radius 1 is 1.12 bits per heavy atom. The summed E-state index contributed by atoms with van der Waals surface area (Å²) in [5.74, 6) is -0.512. The molecule has 10 heteroatoms. The van der Waals surface area contributed by atoms with Gasteiger partial charge in [-0.25, -0.2) is 8.42 Å². The van der Waals surface area contributed by atoms with Crippen molar-refractivity contribution in [2.24, 2.45) is 0 Å². The molecule has 2 N–H and O–H groups in total. The minimum absolute atomic E-state index is 0.0996. The van der Waals surface area contributed by atoms with Crippen LogP contribution in [-0.4, -0.2) is 21.4 Å². The molecule has 0 aromatic heterocycles. The largest absolute Gasteiger partial charge is 0.418 e. The number of hydrogen-bond acceptors (Lipinski definition) is 3. The van der Waals surface area contributed by atoms with Gasteiger partial charge in [-0.3, -0.25) is 9.52 Å². The molecule has 0 unspecified atom stereocenters. The molecule has 0 heterocycles.